The maximum atomic E-state index is 12.5. The summed E-state index contributed by atoms with van der Waals surface area (Å²) in [5.41, 5.74) is 0. The first kappa shape index (κ1) is 17.3. The van der Waals surface area contributed by atoms with E-state index in [1.807, 2.05) is 13.8 Å². The molecule has 0 aromatic carbocycles. The van der Waals surface area contributed by atoms with Crippen LogP contribution in [0.5, 0.6) is 0 Å². The first-order valence-electron chi connectivity index (χ1n) is 7.38. The van der Waals surface area contributed by atoms with Crippen molar-refractivity contribution in [2.45, 2.75) is 70.6 Å². The van der Waals surface area contributed by atoms with E-state index >= 15 is 0 Å². The molecule has 1 saturated carbocycles. The molecule has 0 heterocycles. The van der Waals surface area contributed by atoms with E-state index in [1.165, 1.54) is 0 Å². The lowest BCUT2D eigenvalue weighted by atomic mass is 9.85. The van der Waals surface area contributed by atoms with Crippen LogP contribution >= 0.6 is 0 Å². The fourth-order valence-electron chi connectivity index (χ4n) is 2.50. The van der Waals surface area contributed by atoms with Gasteiger partial charge in [0.15, 0.2) is 0 Å². The van der Waals surface area contributed by atoms with E-state index in [9.17, 15) is 18.0 Å². The molecular weight excluding hydrogens is 269 g/mol. The summed E-state index contributed by atoms with van der Waals surface area (Å²) in [6.45, 7) is 4.87. The van der Waals surface area contributed by atoms with E-state index in [0.29, 0.717) is 25.3 Å². The molecule has 1 fully saturated rings. The first-order valence-corrected chi connectivity index (χ1v) is 7.38. The van der Waals surface area contributed by atoms with E-state index in [2.05, 4.69) is 10.6 Å². The Morgan fingerprint density at radius 2 is 1.80 bits per heavy atom. The van der Waals surface area contributed by atoms with Crippen molar-refractivity contribution >= 4 is 5.91 Å². The molecule has 1 aliphatic carbocycles. The van der Waals surface area contributed by atoms with Crippen molar-refractivity contribution < 1.29 is 18.0 Å². The van der Waals surface area contributed by atoms with Crippen molar-refractivity contribution in [3.05, 3.63) is 0 Å². The number of carbonyl (C=O) groups excluding carboxylic acids is 1. The Morgan fingerprint density at radius 3 is 2.30 bits per heavy atom. The van der Waals surface area contributed by atoms with Crippen LogP contribution in [0.2, 0.25) is 0 Å². The van der Waals surface area contributed by atoms with Gasteiger partial charge in [0.05, 0.1) is 5.92 Å². The zero-order chi connectivity index (χ0) is 15.2. The molecule has 1 aliphatic rings. The Labute approximate surface area is 118 Å². The Morgan fingerprint density at radius 1 is 1.20 bits per heavy atom. The van der Waals surface area contributed by atoms with Crippen molar-refractivity contribution in [3.8, 4) is 0 Å². The van der Waals surface area contributed by atoms with Crippen LogP contribution in [0.4, 0.5) is 13.2 Å². The van der Waals surface area contributed by atoms with Crippen LogP contribution in [0, 0.1) is 5.92 Å². The molecule has 1 amide bonds. The minimum absolute atomic E-state index is 0.0500. The monoisotopic (exact) mass is 294 g/mol. The second-order valence-corrected chi connectivity index (χ2v) is 5.87. The fraction of sp³-hybridized carbons (Fsp3) is 0.929. The summed E-state index contributed by atoms with van der Waals surface area (Å²) in [6, 6.07) is 0.315. The number of nitrogens with one attached hydrogen (secondary N) is 2. The van der Waals surface area contributed by atoms with Crippen molar-refractivity contribution in [2.24, 2.45) is 5.92 Å². The number of halogens is 3. The molecule has 0 bridgehead atoms. The molecule has 0 aliphatic heterocycles. The molecule has 1 rings (SSSR count). The normalized spacial score (nSPS) is 23.9. The fourth-order valence-corrected chi connectivity index (χ4v) is 2.50. The second-order valence-electron chi connectivity index (χ2n) is 5.87. The molecule has 20 heavy (non-hydrogen) atoms. The average Bonchev–Trinajstić information content (AvgIpc) is 2.34. The molecule has 3 nitrogen and oxygen atoms in total. The van der Waals surface area contributed by atoms with Crippen LogP contribution in [0.3, 0.4) is 0 Å². The highest BCUT2D eigenvalue weighted by atomic mass is 19.4. The van der Waals surface area contributed by atoms with Crippen LogP contribution in [0.15, 0.2) is 0 Å². The predicted octanol–water partition coefficient (Wildman–Crippen LogP) is 3.00. The van der Waals surface area contributed by atoms with E-state index in [0.717, 1.165) is 13.0 Å². The van der Waals surface area contributed by atoms with Crippen molar-refractivity contribution in [3.63, 3.8) is 0 Å². The highest BCUT2D eigenvalue weighted by Gasteiger charge is 2.41. The van der Waals surface area contributed by atoms with Gasteiger partial charge in [-0.25, -0.2) is 0 Å². The predicted molar refractivity (Wildman–Crippen MR) is 72.3 cm³/mol. The highest BCUT2D eigenvalue weighted by molar-refractivity contribution is 5.76. The molecule has 0 spiro atoms. The molecule has 118 valence electrons. The van der Waals surface area contributed by atoms with Gasteiger partial charge in [-0.3, -0.25) is 4.79 Å². The zero-order valence-corrected chi connectivity index (χ0v) is 12.2. The van der Waals surface area contributed by atoms with Gasteiger partial charge in [0.1, 0.15) is 0 Å². The molecule has 0 radical (unpaired) electrons. The lowest BCUT2D eigenvalue weighted by molar-refractivity contribution is -0.182. The number of hydrogen-bond donors (Lipinski definition) is 2. The van der Waals surface area contributed by atoms with Crippen LogP contribution < -0.4 is 10.6 Å². The lowest BCUT2D eigenvalue weighted by Crippen LogP contribution is -2.40. The van der Waals surface area contributed by atoms with Gasteiger partial charge in [-0.1, -0.05) is 13.8 Å². The molecular formula is C14H25F3N2O. The Kier molecular flexibility index (Phi) is 6.79. The Hall–Kier alpha value is -0.780. The van der Waals surface area contributed by atoms with Crippen molar-refractivity contribution in [2.75, 3.05) is 6.54 Å². The van der Waals surface area contributed by atoms with Gasteiger partial charge in [0.2, 0.25) is 5.91 Å². The third-order valence-corrected chi connectivity index (χ3v) is 3.69. The van der Waals surface area contributed by atoms with Gasteiger partial charge in [-0.05, 0) is 38.6 Å². The van der Waals surface area contributed by atoms with Crippen LogP contribution in [0.25, 0.3) is 0 Å². The molecule has 0 aromatic rings. The number of alkyl halides is 3. The molecule has 0 unspecified atom stereocenters. The standard InChI is InChI=1S/C14H25F3N2O/c1-10(2)18-9-3-4-13(20)19-12-7-5-11(6-8-12)14(15,16)17/h10-12,18H,3-9H2,1-2H3,(H,19,20). The summed E-state index contributed by atoms with van der Waals surface area (Å²) < 4.78 is 37.5. The Bertz CT molecular complexity index is 297. The molecule has 2 N–H and O–H groups in total. The summed E-state index contributed by atoms with van der Waals surface area (Å²) in [4.78, 5) is 11.7. The third kappa shape index (κ3) is 6.59. The summed E-state index contributed by atoms with van der Waals surface area (Å²) in [5, 5.41) is 6.07. The maximum absolute atomic E-state index is 12.5. The SMILES string of the molecule is CC(C)NCCCC(=O)NC1CCC(C(F)(F)F)CC1. The summed E-state index contributed by atoms with van der Waals surface area (Å²) in [6.07, 6.45) is -1.79. The first-order chi connectivity index (χ1) is 9.29. The van der Waals surface area contributed by atoms with Gasteiger partial charge >= 0.3 is 6.18 Å². The average molecular weight is 294 g/mol. The van der Waals surface area contributed by atoms with Gasteiger partial charge in [0.25, 0.3) is 0 Å². The third-order valence-electron chi connectivity index (χ3n) is 3.69. The van der Waals surface area contributed by atoms with Gasteiger partial charge in [-0.15, -0.1) is 0 Å². The minimum Gasteiger partial charge on any atom is -0.353 e. The molecule has 0 saturated heterocycles. The van der Waals surface area contributed by atoms with E-state index < -0.39 is 12.1 Å². The molecule has 0 atom stereocenters. The number of carbonyl (C=O) groups is 1. The molecule has 6 heteroatoms. The molecule has 0 aromatic heterocycles. The van der Waals surface area contributed by atoms with E-state index in [4.69, 9.17) is 0 Å². The lowest BCUT2D eigenvalue weighted by Gasteiger charge is -2.30. The number of hydrogen-bond acceptors (Lipinski definition) is 2. The zero-order valence-electron chi connectivity index (χ0n) is 12.2. The number of rotatable bonds is 6. The van der Waals surface area contributed by atoms with E-state index in [-0.39, 0.29) is 24.8 Å². The topological polar surface area (TPSA) is 41.1 Å². The summed E-state index contributed by atoms with van der Waals surface area (Å²) >= 11 is 0. The van der Waals surface area contributed by atoms with Crippen LogP contribution in [-0.4, -0.2) is 30.7 Å². The van der Waals surface area contributed by atoms with Gasteiger partial charge in [-0.2, -0.15) is 13.2 Å². The van der Waals surface area contributed by atoms with Crippen LogP contribution in [0.1, 0.15) is 52.4 Å². The van der Waals surface area contributed by atoms with Crippen molar-refractivity contribution in [1.82, 2.24) is 10.6 Å². The smallest absolute Gasteiger partial charge is 0.353 e. The summed E-state index contributed by atoms with van der Waals surface area (Å²) in [5.74, 6) is -1.24. The van der Waals surface area contributed by atoms with Crippen LogP contribution in [-0.2, 0) is 4.79 Å². The van der Waals surface area contributed by atoms with Gasteiger partial charge < -0.3 is 10.6 Å². The largest absolute Gasteiger partial charge is 0.391 e. The Balaban J connectivity index is 2.15. The number of amides is 1. The van der Waals surface area contributed by atoms with Gasteiger partial charge in [0, 0.05) is 18.5 Å². The summed E-state index contributed by atoms with van der Waals surface area (Å²) in [7, 11) is 0. The quantitative estimate of drug-likeness (QED) is 0.739. The van der Waals surface area contributed by atoms with E-state index in [1.54, 1.807) is 0 Å². The second kappa shape index (κ2) is 7.86. The van der Waals surface area contributed by atoms with Crippen molar-refractivity contribution in [1.29, 1.82) is 0 Å². The minimum atomic E-state index is -4.09. The maximum Gasteiger partial charge on any atom is 0.391 e. The highest BCUT2D eigenvalue weighted by Crippen LogP contribution is 2.37.